The highest BCUT2D eigenvalue weighted by atomic mass is 16.2. The molecule has 9 heteroatoms. The molecule has 9 nitrogen and oxygen atoms in total. The van der Waals surface area contributed by atoms with Gasteiger partial charge in [0.15, 0.2) is 0 Å². The molecule has 1 atom stereocenters. The molecule has 1 fully saturated rings. The first-order valence-corrected chi connectivity index (χ1v) is 9.85. The Morgan fingerprint density at radius 1 is 1.18 bits per heavy atom. The fourth-order valence-corrected chi connectivity index (χ4v) is 3.51. The third-order valence-corrected chi connectivity index (χ3v) is 5.25. The van der Waals surface area contributed by atoms with Gasteiger partial charge in [0.2, 0.25) is 17.7 Å². The van der Waals surface area contributed by atoms with Gasteiger partial charge in [-0.05, 0) is 38.7 Å². The van der Waals surface area contributed by atoms with Gasteiger partial charge in [-0.15, -0.1) is 0 Å². The molecule has 1 aromatic rings. The summed E-state index contributed by atoms with van der Waals surface area (Å²) in [6, 6.07) is -0.351. The lowest BCUT2D eigenvalue weighted by molar-refractivity contribution is -0.135. The molecule has 2 aliphatic rings. The molecule has 0 spiro atoms. The van der Waals surface area contributed by atoms with E-state index in [4.69, 9.17) is 0 Å². The normalized spacial score (nSPS) is 18.9. The largest absolute Gasteiger partial charge is 0.341 e. The maximum Gasteiger partial charge on any atom is 0.247 e. The van der Waals surface area contributed by atoms with Crippen LogP contribution in [0.5, 0.6) is 0 Å². The number of rotatable bonds is 5. The topological polar surface area (TPSA) is 99.9 Å². The van der Waals surface area contributed by atoms with Gasteiger partial charge >= 0.3 is 0 Å². The predicted octanol–water partition coefficient (Wildman–Crippen LogP) is 0.860. The third kappa shape index (κ3) is 4.96. The quantitative estimate of drug-likeness (QED) is 0.808. The van der Waals surface area contributed by atoms with Crippen molar-refractivity contribution in [3.05, 3.63) is 18.0 Å². The second-order valence-corrected chi connectivity index (χ2v) is 7.45. The van der Waals surface area contributed by atoms with Crippen LogP contribution in [-0.4, -0.2) is 69.2 Å². The molecule has 1 N–H and O–H groups in total. The van der Waals surface area contributed by atoms with E-state index < -0.39 is 0 Å². The summed E-state index contributed by atoms with van der Waals surface area (Å²) >= 11 is 0. The molecule has 1 unspecified atom stereocenters. The Kier molecular flexibility index (Phi) is 6.43. The van der Waals surface area contributed by atoms with Crippen molar-refractivity contribution in [1.29, 1.82) is 0 Å². The van der Waals surface area contributed by atoms with Gasteiger partial charge in [-0.1, -0.05) is 0 Å². The Morgan fingerprint density at radius 3 is 2.61 bits per heavy atom. The molecular formula is C19H28N6O3. The van der Waals surface area contributed by atoms with E-state index in [1.807, 2.05) is 29.8 Å². The van der Waals surface area contributed by atoms with Crippen LogP contribution >= 0.6 is 0 Å². The molecule has 0 aromatic carbocycles. The number of nitrogens with one attached hydrogen (secondary N) is 1. The second kappa shape index (κ2) is 8.99. The molecular weight excluding hydrogens is 360 g/mol. The minimum atomic E-state index is -0.351. The van der Waals surface area contributed by atoms with E-state index in [-0.39, 0.29) is 23.8 Å². The van der Waals surface area contributed by atoms with Crippen molar-refractivity contribution in [1.82, 2.24) is 25.0 Å². The summed E-state index contributed by atoms with van der Waals surface area (Å²) in [5.74, 6) is 0.0289. The smallest absolute Gasteiger partial charge is 0.247 e. The Labute approximate surface area is 164 Å². The molecule has 3 heterocycles. The number of hydrogen-bond acceptors (Lipinski definition) is 5. The van der Waals surface area contributed by atoms with Crippen LogP contribution in [0.3, 0.4) is 0 Å². The number of hydrazone groups is 1. The number of carbonyl (C=O) groups excluding carboxylic acids is 3. The fourth-order valence-electron chi connectivity index (χ4n) is 3.51. The van der Waals surface area contributed by atoms with E-state index in [2.05, 4.69) is 15.6 Å². The van der Waals surface area contributed by atoms with Crippen molar-refractivity contribution in [2.75, 3.05) is 26.2 Å². The molecule has 0 radical (unpaired) electrons. The Bertz CT molecular complexity index is 771. The molecule has 3 amide bonds. The van der Waals surface area contributed by atoms with Crippen LogP contribution in [0.2, 0.25) is 0 Å². The highest BCUT2D eigenvalue weighted by molar-refractivity contribution is 5.94. The second-order valence-electron chi connectivity index (χ2n) is 7.45. The van der Waals surface area contributed by atoms with Crippen LogP contribution in [0.25, 0.3) is 0 Å². The highest BCUT2D eigenvalue weighted by Gasteiger charge is 2.26. The van der Waals surface area contributed by atoms with E-state index in [0.29, 0.717) is 51.9 Å². The molecule has 1 saturated heterocycles. The number of hydrogen-bond donors (Lipinski definition) is 1. The zero-order valence-electron chi connectivity index (χ0n) is 16.6. The maximum absolute atomic E-state index is 12.8. The van der Waals surface area contributed by atoms with Crippen molar-refractivity contribution >= 4 is 23.4 Å². The summed E-state index contributed by atoms with van der Waals surface area (Å²) in [7, 11) is 0. The summed E-state index contributed by atoms with van der Waals surface area (Å²) in [5.41, 5.74) is 4.35. The molecule has 1 aromatic heterocycles. The zero-order valence-corrected chi connectivity index (χ0v) is 16.6. The summed E-state index contributed by atoms with van der Waals surface area (Å²) in [6.45, 7) is 6.17. The summed E-state index contributed by atoms with van der Waals surface area (Å²) < 4.78 is 1.69. The summed E-state index contributed by atoms with van der Waals surface area (Å²) in [6.07, 6.45) is 6.37. The first kappa shape index (κ1) is 20.0. The lowest BCUT2D eigenvalue weighted by atomic mass is 10.1. The molecule has 2 aliphatic heterocycles. The van der Waals surface area contributed by atoms with E-state index in [0.717, 1.165) is 17.7 Å². The van der Waals surface area contributed by atoms with Crippen molar-refractivity contribution in [3.8, 4) is 0 Å². The fraction of sp³-hybridized carbons (Fsp3) is 0.632. The van der Waals surface area contributed by atoms with E-state index in [9.17, 15) is 14.4 Å². The maximum atomic E-state index is 12.8. The minimum Gasteiger partial charge on any atom is -0.341 e. The van der Waals surface area contributed by atoms with Crippen molar-refractivity contribution in [3.63, 3.8) is 0 Å². The van der Waals surface area contributed by atoms with Gasteiger partial charge in [0.05, 0.1) is 6.20 Å². The molecule has 3 rings (SSSR count). The Hall–Kier alpha value is -2.71. The zero-order chi connectivity index (χ0) is 20.1. The van der Waals surface area contributed by atoms with Crippen LogP contribution in [0.15, 0.2) is 17.5 Å². The van der Waals surface area contributed by atoms with Gasteiger partial charge in [-0.25, -0.2) is 5.43 Å². The van der Waals surface area contributed by atoms with Gasteiger partial charge in [0, 0.05) is 50.9 Å². The summed E-state index contributed by atoms with van der Waals surface area (Å²) in [5, 5.41) is 8.26. The lowest BCUT2D eigenvalue weighted by Gasteiger charge is -2.25. The van der Waals surface area contributed by atoms with Gasteiger partial charge in [-0.2, -0.15) is 10.2 Å². The van der Waals surface area contributed by atoms with Crippen LogP contribution < -0.4 is 5.43 Å². The average Bonchev–Trinajstić information content (AvgIpc) is 2.98. The van der Waals surface area contributed by atoms with Gasteiger partial charge < -0.3 is 9.80 Å². The Morgan fingerprint density at radius 2 is 1.93 bits per heavy atom. The number of nitrogens with zero attached hydrogens (tertiary/aromatic N) is 5. The molecule has 28 heavy (non-hydrogen) atoms. The Balaban J connectivity index is 1.49. The van der Waals surface area contributed by atoms with Crippen molar-refractivity contribution in [2.45, 2.75) is 52.0 Å². The molecule has 0 bridgehead atoms. The number of aromatic nitrogens is 2. The third-order valence-electron chi connectivity index (χ3n) is 5.25. The highest BCUT2D eigenvalue weighted by Crippen LogP contribution is 2.14. The van der Waals surface area contributed by atoms with E-state index in [1.165, 1.54) is 0 Å². The van der Waals surface area contributed by atoms with Crippen LogP contribution in [0.4, 0.5) is 0 Å². The number of amides is 3. The van der Waals surface area contributed by atoms with E-state index in [1.54, 1.807) is 10.9 Å². The summed E-state index contributed by atoms with van der Waals surface area (Å²) in [4.78, 5) is 40.2. The van der Waals surface area contributed by atoms with Crippen LogP contribution in [0, 0.1) is 6.92 Å². The predicted molar refractivity (Wildman–Crippen MR) is 103 cm³/mol. The number of aryl methyl sites for hydroxylation is 1. The van der Waals surface area contributed by atoms with Crippen molar-refractivity contribution in [2.24, 2.45) is 5.10 Å². The standard InChI is InChI=1S/C19H28N6O3/c1-14-12-20-25(13-14)15(2)19(28)24-9-3-8-23(10-11-24)18(27)7-5-16-4-6-17(26)22-21-16/h12-13,15H,3-11H2,1-2H3,(H,22,26). The number of carbonyl (C=O) groups is 3. The molecule has 152 valence electrons. The van der Waals surface area contributed by atoms with Crippen LogP contribution in [-0.2, 0) is 14.4 Å². The monoisotopic (exact) mass is 388 g/mol. The molecule has 0 saturated carbocycles. The minimum absolute atomic E-state index is 0.0321. The van der Waals surface area contributed by atoms with Crippen molar-refractivity contribution < 1.29 is 14.4 Å². The first-order chi connectivity index (χ1) is 13.4. The average molecular weight is 388 g/mol. The van der Waals surface area contributed by atoms with E-state index >= 15 is 0 Å². The first-order valence-electron chi connectivity index (χ1n) is 9.85. The van der Waals surface area contributed by atoms with Gasteiger partial charge in [0.25, 0.3) is 0 Å². The lowest BCUT2D eigenvalue weighted by Crippen LogP contribution is -2.40. The molecule has 0 aliphatic carbocycles. The SMILES string of the molecule is Cc1cnn(C(C)C(=O)N2CCCN(C(=O)CCC3=NNC(=O)CC3)CC2)c1. The van der Waals surface area contributed by atoms with Gasteiger partial charge in [-0.3, -0.25) is 19.1 Å². The van der Waals surface area contributed by atoms with Gasteiger partial charge in [0.1, 0.15) is 6.04 Å². The van der Waals surface area contributed by atoms with Crippen LogP contribution in [0.1, 0.15) is 50.6 Å².